The lowest BCUT2D eigenvalue weighted by molar-refractivity contribution is 1.11. The molecule has 0 amide bonds. The predicted molar refractivity (Wildman–Crippen MR) is 51.1 cm³/mol. The van der Waals surface area contributed by atoms with E-state index in [-0.39, 0.29) is 0 Å². The second-order valence-corrected chi connectivity index (χ2v) is 2.44. The van der Waals surface area contributed by atoms with Crippen molar-refractivity contribution in [1.29, 1.82) is 0 Å². The molecule has 0 bridgehead atoms. The predicted octanol–water partition coefficient (Wildman–Crippen LogP) is 0.469. The standard InChI is InChI=1S/C7H9N6/c1-8-5-4-6(11-3-10-4)13-7(9-2)12-5/h3H,1-2H3,(H2,8,9,12,13). The van der Waals surface area contributed by atoms with Gasteiger partial charge in [0.1, 0.15) is 6.34 Å². The molecule has 0 aliphatic carbocycles. The van der Waals surface area contributed by atoms with Gasteiger partial charge in [-0.25, -0.2) is 10.3 Å². The SMILES string of the molecule is CNc1nc2c(c(NC)n1)N=C[N]2. The first kappa shape index (κ1) is 7.78. The van der Waals surface area contributed by atoms with E-state index in [9.17, 15) is 0 Å². The number of aromatic nitrogens is 2. The molecular weight excluding hydrogens is 168 g/mol. The molecule has 67 valence electrons. The number of rotatable bonds is 2. The van der Waals surface area contributed by atoms with Crippen LogP contribution in [-0.4, -0.2) is 30.4 Å². The number of nitrogens with zero attached hydrogens (tertiary/aromatic N) is 4. The van der Waals surface area contributed by atoms with Gasteiger partial charge in [-0.2, -0.15) is 9.97 Å². The average Bonchev–Trinajstić information content (AvgIpc) is 2.63. The molecule has 1 aliphatic heterocycles. The van der Waals surface area contributed by atoms with Gasteiger partial charge in [-0.3, -0.25) is 0 Å². The van der Waals surface area contributed by atoms with Crippen LogP contribution in [-0.2, 0) is 0 Å². The molecule has 0 unspecified atom stereocenters. The zero-order valence-electron chi connectivity index (χ0n) is 7.37. The molecule has 1 aliphatic rings. The summed E-state index contributed by atoms with van der Waals surface area (Å²) in [5.41, 5.74) is 0.696. The first-order valence-electron chi connectivity index (χ1n) is 3.86. The molecule has 1 radical (unpaired) electrons. The van der Waals surface area contributed by atoms with E-state index < -0.39 is 0 Å². The van der Waals surface area contributed by atoms with Gasteiger partial charge in [0.25, 0.3) is 0 Å². The average molecular weight is 177 g/mol. The fraction of sp³-hybridized carbons (Fsp3) is 0.286. The zero-order chi connectivity index (χ0) is 9.26. The lowest BCUT2D eigenvalue weighted by Crippen LogP contribution is -2.02. The summed E-state index contributed by atoms with van der Waals surface area (Å²) in [6.07, 6.45) is 1.47. The van der Waals surface area contributed by atoms with Crippen molar-refractivity contribution in [3.05, 3.63) is 0 Å². The Hall–Kier alpha value is -1.85. The van der Waals surface area contributed by atoms with Crippen molar-refractivity contribution >= 4 is 29.6 Å². The summed E-state index contributed by atoms with van der Waals surface area (Å²) < 4.78 is 0. The summed E-state index contributed by atoms with van der Waals surface area (Å²) in [7, 11) is 3.55. The van der Waals surface area contributed by atoms with E-state index in [1.54, 1.807) is 14.1 Å². The maximum atomic E-state index is 4.17. The Morgan fingerprint density at radius 1 is 1.15 bits per heavy atom. The Morgan fingerprint density at radius 2 is 2.00 bits per heavy atom. The van der Waals surface area contributed by atoms with Gasteiger partial charge in [-0.05, 0) is 0 Å². The second-order valence-electron chi connectivity index (χ2n) is 2.44. The van der Waals surface area contributed by atoms with Crippen molar-refractivity contribution in [3.63, 3.8) is 0 Å². The third-order valence-corrected chi connectivity index (χ3v) is 1.69. The topological polar surface area (TPSA) is 76.3 Å². The van der Waals surface area contributed by atoms with Crippen molar-refractivity contribution < 1.29 is 0 Å². The minimum absolute atomic E-state index is 0.539. The lowest BCUT2D eigenvalue weighted by Gasteiger charge is -2.05. The lowest BCUT2D eigenvalue weighted by atomic mass is 10.4. The normalized spacial score (nSPS) is 12.2. The van der Waals surface area contributed by atoms with Crippen LogP contribution < -0.4 is 16.0 Å². The van der Waals surface area contributed by atoms with Crippen molar-refractivity contribution in [3.8, 4) is 0 Å². The van der Waals surface area contributed by atoms with Gasteiger partial charge in [0, 0.05) is 14.1 Å². The van der Waals surface area contributed by atoms with E-state index in [0.29, 0.717) is 23.3 Å². The van der Waals surface area contributed by atoms with Gasteiger partial charge in [0.15, 0.2) is 17.3 Å². The fourth-order valence-corrected chi connectivity index (χ4v) is 1.08. The minimum atomic E-state index is 0.539. The number of aliphatic imine (C=N–C) groups is 1. The van der Waals surface area contributed by atoms with Crippen LogP contribution in [0.15, 0.2) is 4.99 Å². The number of nitrogens with one attached hydrogen (secondary N) is 2. The first-order valence-corrected chi connectivity index (χ1v) is 3.86. The fourth-order valence-electron chi connectivity index (χ4n) is 1.08. The zero-order valence-corrected chi connectivity index (χ0v) is 7.37. The van der Waals surface area contributed by atoms with Gasteiger partial charge in [0.2, 0.25) is 5.95 Å². The summed E-state index contributed by atoms with van der Waals surface area (Å²) in [6.45, 7) is 0. The van der Waals surface area contributed by atoms with E-state index in [1.807, 2.05) is 0 Å². The molecule has 6 nitrogen and oxygen atoms in total. The van der Waals surface area contributed by atoms with Gasteiger partial charge in [-0.15, -0.1) is 0 Å². The van der Waals surface area contributed by atoms with Crippen molar-refractivity contribution in [2.45, 2.75) is 0 Å². The number of anilines is 2. The molecule has 0 aromatic carbocycles. The maximum absolute atomic E-state index is 4.17. The Bertz CT molecular complexity index is 358. The quantitative estimate of drug-likeness (QED) is 0.688. The maximum Gasteiger partial charge on any atom is 0.226 e. The highest BCUT2D eigenvalue weighted by molar-refractivity contribution is 5.86. The van der Waals surface area contributed by atoms with Crippen molar-refractivity contribution in [1.82, 2.24) is 15.3 Å². The molecule has 0 spiro atoms. The molecular formula is C7H9N6. The van der Waals surface area contributed by atoms with Gasteiger partial charge >= 0.3 is 0 Å². The molecule has 0 saturated carbocycles. The van der Waals surface area contributed by atoms with Crippen LogP contribution in [0.5, 0.6) is 0 Å². The van der Waals surface area contributed by atoms with E-state index in [0.717, 1.165) is 0 Å². The first-order chi connectivity index (χ1) is 6.35. The molecule has 1 aromatic heterocycles. The molecule has 0 saturated heterocycles. The van der Waals surface area contributed by atoms with E-state index >= 15 is 0 Å². The molecule has 0 fully saturated rings. The Labute approximate surface area is 75.5 Å². The molecule has 0 atom stereocenters. The summed E-state index contributed by atoms with van der Waals surface area (Å²) >= 11 is 0. The molecule has 2 rings (SSSR count). The number of fused-ring (bicyclic) bond motifs is 1. The smallest absolute Gasteiger partial charge is 0.226 e. The largest absolute Gasteiger partial charge is 0.371 e. The summed E-state index contributed by atoms with van der Waals surface area (Å²) in [5.74, 6) is 1.83. The highest BCUT2D eigenvalue weighted by Gasteiger charge is 2.16. The molecule has 2 N–H and O–H groups in total. The van der Waals surface area contributed by atoms with E-state index in [2.05, 4.69) is 30.9 Å². The van der Waals surface area contributed by atoms with E-state index in [4.69, 9.17) is 0 Å². The Balaban J connectivity index is 2.53. The van der Waals surface area contributed by atoms with E-state index in [1.165, 1.54) is 6.34 Å². The molecule has 6 heteroatoms. The van der Waals surface area contributed by atoms with Crippen LogP contribution in [0.4, 0.5) is 23.3 Å². The summed E-state index contributed by atoms with van der Waals surface area (Å²) in [4.78, 5) is 12.3. The Kier molecular flexibility index (Phi) is 1.73. The molecule has 2 heterocycles. The summed E-state index contributed by atoms with van der Waals surface area (Å²) in [6, 6.07) is 0. The third-order valence-electron chi connectivity index (χ3n) is 1.69. The Morgan fingerprint density at radius 3 is 2.69 bits per heavy atom. The van der Waals surface area contributed by atoms with Gasteiger partial charge in [0.05, 0.1) is 0 Å². The molecule has 13 heavy (non-hydrogen) atoms. The van der Waals surface area contributed by atoms with Gasteiger partial charge < -0.3 is 10.6 Å². The monoisotopic (exact) mass is 177 g/mol. The van der Waals surface area contributed by atoms with Crippen molar-refractivity contribution in [2.75, 3.05) is 24.7 Å². The number of hydrogen-bond acceptors (Lipinski definition) is 5. The van der Waals surface area contributed by atoms with Crippen LogP contribution in [0.3, 0.4) is 0 Å². The van der Waals surface area contributed by atoms with Gasteiger partial charge in [-0.1, -0.05) is 0 Å². The highest BCUT2D eigenvalue weighted by Crippen LogP contribution is 2.33. The van der Waals surface area contributed by atoms with Crippen LogP contribution in [0.25, 0.3) is 0 Å². The highest BCUT2D eigenvalue weighted by atomic mass is 15.2. The van der Waals surface area contributed by atoms with Crippen LogP contribution in [0.2, 0.25) is 0 Å². The van der Waals surface area contributed by atoms with Crippen LogP contribution >= 0.6 is 0 Å². The minimum Gasteiger partial charge on any atom is -0.371 e. The molecule has 1 aromatic rings. The second kappa shape index (κ2) is 2.89. The van der Waals surface area contributed by atoms with Crippen molar-refractivity contribution in [2.24, 2.45) is 4.99 Å². The van der Waals surface area contributed by atoms with Crippen LogP contribution in [0, 0.1) is 0 Å². The van der Waals surface area contributed by atoms with Crippen LogP contribution in [0.1, 0.15) is 0 Å². The summed E-state index contributed by atoms with van der Waals surface area (Å²) in [5, 5.41) is 9.78. The third kappa shape index (κ3) is 1.16. The number of hydrogen-bond donors (Lipinski definition) is 2.